The third kappa shape index (κ3) is 3.17. The highest BCUT2D eigenvalue weighted by Gasteiger charge is 2.06. The zero-order valence-electron chi connectivity index (χ0n) is 11.0. The van der Waals surface area contributed by atoms with Gasteiger partial charge in [-0.2, -0.15) is 0 Å². The quantitative estimate of drug-likeness (QED) is 0.849. The molecule has 2 aromatic heterocycles. The van der Waals surface area contributed by atoms with Gasteiger partial charge in [-0.25, -0.2) is 4.98 Å². The summed E-state index contributed by atoms with van der Waals surface area (Å²) in [4.78, 5) is 8.42. The molecule has 1 atom stereocenters. The average molecular weight is 244 g/mol. The molecule has 0 aliphatic rings. The van der Waals surface area contributed by atoms with E-state index in [1.54, 1.807) is 0 Å². The summed E-state index contributed by atoms with van der Waals surface area (Å²) in [5, 5.41) is 3.49. The predicted molar refractivity (Wildman–Crippen MR) is 72.0 cm³/mol. The Morgan fingerprint density at radius 2 is 2.06 bits per heavy atom. The first-order chi connectivity index (χ1) is 8.81. The van der Waals surface area contributed by atoms with Crippen LogP contribution in [0, 0.1) is 0 Å². The van der Waals surface area contributed by atoms with Crippen LogP contribution in [0.3, 0.4) is 0 Å². The molecule has 0 bridgehead atoms. The van der Waals surface area contributed by atoms with Crippen LogP contribution in [0.5, 0.6) is 0 Å². The van der Waals surface area contributed by atoms with E-state index in [1.165, 1.54) is 5.56 Å². The van der Waals surface area contributed by atoms with E-state index in [1.807, 2.05) is 36.9 Å². The van der Waals surface area contributed by atoms with Gasteiger partial charge in [0.1, 0.15) is 5.82 Å². The second-order valence-corrected chi connectivity index (χ2v) is 4.42. The summed E-state index contributed by atoms with van der Waals surface area (Å²) < 4.78 is 2.20. The second-order valence-electron chi connectivity index (χ2n) is 4.42. The largest absolute Gasteiger partial charge is 0.334 e. The van der Waals surface area contributed by atoms with Crippen LogP contribution >= 0.6 is 0 Å². The summed E-state index contributed by atoms with van der Waals surface area (Å²) in [5.41, 5.74) is 1.25. The minimum absolute atomic E-state index is 0.305. The van der Waals surface area contributed by atoms with Gasteiger partial charge in [0.15, 0.2) is 0 Å². The maximum Gasteiger partial charge on any atom is 0.122 e. The lowest BCUT2D eigenvalue weighted by molar-refractivity contribution is 0.531. The Morgan fingerprint density at radius 1 is 1.28 bits per heavy atom. The van der Waals surface area contributed by atoms with Gasteiger partial charge >= 0.3 is 0 Å². The van der Waals surface area contributed by atoms with E-state index >= 15 is 0 Å². The van der Waals surface area contributed by atoms with Crippen LogP contribution in [-0.4, -0.2) is 14.5 Å². The fourth-order valence-corrected chi connectivity index (χ4v) is 1.97. The summed E-state index contributed by atoms with van der Waals surface area (Å²) in [6.45, 7) is 6.15. The molecule has 2 heterocycles. The number of hydrogen-bond acceptors (Lipinski definition) is 3. The molecule has 2 rings (SSSR count). The van der Waals surface area contributed by atoms with E-state index in [2.05, 4.69) is 33.7 Å². The van der Waals surface area contributed by atoms with Crippen molar-refractivity contribution in [2.75, 3.05) is 0 Å². The molecule has 0 aliphatic heterocycles. The molecular weight excluding hydrogens is 224 g/mol. The highest BCUT2D eigenvalue weighted by molar-refractivity contribution is 5.14. The zero-order chi connectivity index (χ0) is 12.8. The van der Waals surface area contributed by atoms with Crippen LogP contribution in [0.1, 0.15) is 37.7 Å². The molecule has 0 saturated carbocycles. The van der Waals surface area contributed by atoms with Crippen molar-refractivity contribution in [1.82, 2.24) is 19.9 Å². The first-order valence-electron chi connectivity index (χ1n) is 6.44. The molecule has 0 fully saturated rings. The fourth-order valence-electron chi connectivity index (χ4n) is 1.97. The van der Waals surface area contributed by atoms with E-state index in [0.717, 1.165) is 25.3 Å². The predicted octanol–water partition coefficient (Wildman–Crippen LogP) is 2.54. The minimum atomic E-state index is 0.305. The van der Waals surface area contributed by atoms with Crippen molar-refractivity contribution in [3.8, 4) is 0 Å². The van der Waals surface area contributed by atoms with Crippen LogP contribution < -0.4 is 5.32 Å². The van der Waals surface area contributed by atoms with Crippen molar-refractivity contribution in [2.24, 2.45) is 0 Å². The maximum atomic E-state index is 4.39. The summed E-state index contributed by atoms with van der Waals surface area (Å²) in [6.07, 6.45) is 8.68. The summed E-state index contributed by atoms with van der Waals surface area (Å²) in [7, 11) is 0. The Hall–Kier alpha value is -1.68. The van der Waals surface area contributed by atoms with Crippen LogP contribution in [0.15, 0.2) is 36.9 Å². The number of hydrogen-bond donors (Lipinski definition) is 1. The van der Waals surface area contributed by atoms with Crippen molar-refractivity contribution in [3.63, 3.8) is 0 Å². The molecule has 2 aromatic rings. The first-order valence-corrected chi connectivity index (χ1v) is 6.44. The van der Waals surface area contributed by atoms with Crippen molar-refractivity contribution in [2.45, 2.75) is 39.4 Å². The number of rotatable bonds is 6. The second kappa shape index (κ2) is 6.31. The number of imidazole rings is 1. The van der Waals surface area contributed by atoms with Crippen molar-refractivity contribution in [3.05, 3.63) is 48.3 Å². The third-order valence-corrected chi connectivity index (χ3v) is 3.04. The van der Waals surface area contributed by atoms with E-state index in [0.29, 0.717) is 6.04 Å². The normalized spacial score (nSPS) is 12.6. The lowest BCUT2D eigenvalue weighted by atomic mass is 10.1. The minimum Gasteiger partial charge on any atom is -0.334 e. The van der Waals surface area contributed by atoms with E-state index < -0.39 is 0 Å². The Labute approximate surface area is 108 Å². The SMILES string of the molecule is CCCn1ccnc1CNC(C)c1ccncc1. The summed E-state index contributed by atoms with van der Waals surface area (Å²) in [5.74, 6) is 1.10. The molecule has 1 N–H and O–H groups in total. The highest BCUT2D eigenvalue weighted by Crippen LogP contribution is 2.11. The molecule has 0 spiro atoms. The van der Waals surface area contributed by atoms with Gasteiger partial charge in [0, 0.05) is 37.4 Å². The van der Waals surface area contributed by atoms with E-state index in [-0.39, 0.29) is 0 Å². The molecule has 0 saturated heterocycles. The lowest BCUT2D eigenvalue weighted by Crippen LogP contribution is -2.20. The Balaban J connectivity index is 1.93. The number of aryl methyl sites for hydroxylation is 1. The van der Waals surface area contributed by atoms with Gasteiger partial charge in [0.25, 0.3) is 0 Å². The van der Waals surface area contributed by atoms with Gasteiger partial charge in [-0.1, -0.05) is 6.92 Å². The summed E-state index contributed by atoms with van der Waals surface area (Å²) in [6, 6.07) is 4.38. The molecule has 0 aliphatic carbocycles. The van der Waals surface area contributed by atoms with Crippen LogP contribution in [0.4, 0.5) is 0 Å². The van der Waals surface area contributed by atoms with Gasteiger partial charge in [-0.05, 0) is 31.0 Å². The molecule has 4 nitrogen and oxygen atoms in total. The van der Waals surface area contributed by atoms with Crippen LogP contribution in [0.25, 0.3) is 0 Å². The monoisotopic (exact) mass is 244 g/mol. The Morgan fingerprint density at radius 3 is 2.78 bits per heavy atom. The van der Waals surface area contributed by atoms with E-state index in [4.69, 9.17) is 0 Å². The van der Waals surface area contributed by atoms with Crippen molar-refractivity contribution < 1.29 is 0 Å². The van der Waals surface area contributed by atoms with Crippen molar-refractivity contribution >= 4 is 0 Å². The highest BCUT2D eigenvalue weighted by atomic mass is 15.1. The third-order valence-electron chi connectivity index (χ3n) is 3.04. The van der Waals surface area contributed by atoms with Crippen LogP contribution in [0.2, 0.25) is 0 Å². The number of nitrogens with zero attached hydrogens (tertiary/aromatic N) is 3. The molecule has 4 heteroatoms. The smallest absolute Gasteiger partial charge is 0.122 e. The molecule has 96 valence electrons. The van der Waals surface area contributed by atoms with Gasteiger partial charge < -0.3 is 9.88 Å². The summed E-state index contributed by atoms with van der Waals surface area (Å²) >= 11 is 0. The molecule has 18 heavy (non-hydrogen) atoms. The topological polar surface area (TPSA) is 42.7 Å². The Kier molecular flexibility index (Phi) is 4.47. The van der Waals surface area contributed by atoms with Gasteiger partial charge in [-0.15, -0.1) is 0 Å². The number of pyridine rings is 1. The van der Waals surface area contributed by atoms with Crippen LogP contribution in [-0.2, 0) is 13.1 Å². The van der Waals surface area contributed by atoms with Gasteiger partial charge in [0.2, 0.25) is 0 Å². The molecule has 0 radical (unpaired) electrons. The van der Waals surface area contributed by atoms with E-state index in [9.17, 15) is 0 Å². The van der Waals surface area contributed by atoms with Crippen molar-refractivity contribution in [1.29, 1.82) is 0 Å². The number of aromatic nitrogens is 3. The average Bonchev–Trinajstić information content (AvgIpc) is 2.85. The first kappa shape index (κ1) is 12.8. The Bertz CT molecular complexity index is 464. The molecular formula is C14H20N4. The molecule has 0 aromatic carbocycles. The molecule has 0 amide bonds. The zero-order valence-corrected chi connectivity index (χ0v) is 11.0. The standard InChI is InChI=1S/C14H20N4/c1-3-9-18-10-8-16-14(18)11-17-12(2)13-4-6-15-7-5-13/h4-8,10,12,17H,3,9,11H2,1-2H3. The maximum absolute atomic E-state index is 4.39. The molecule has 1 unspecified atom stereocenters. The fraction of sp³-hybridized carbons (Fsp3) is 0.429. The lowest BCUT2D eigenvalue weighted by Gasteiger charge is -2.14. The van der Waals surface area contributed by atoms with Gasteiger partial charge in [0.05, 0.1) is 6.54 Å². The van der Waals surface area contributed by atoms with Gasteiger partial charge in [-0.3, -0.25) is 4.98 Å². The number of nitrogens with one attached hydrogen (secondary N) is 1.